The zero-order chi connectivity index (χ0) is 25.0. The lowest BCUT2D eigenvalue weighted by molar-refractivity contribution is 0.290. The van der Waals surface area contributed by atoms with Crippen molar-refractivity contribution in [1.82, 2.24) is 0 Å². The van der Waals surface area contributed by atoms with Crippen molar-refractivity contribution in [3.05, 3.63) is 82.4 Å². The van der Waals surface area contributed by atoms with Crippen LogP contribution < -0.4 is 23.7 Å². The quantitative estimate of drug-likeness (QED) is 0.194. The highest BCUT2D eigenvalue weighted by Gasteiger charge is 2.12. The van der Waals surface area contributed by atoms with Crippen molar-refractivity contribution in [2.24, 2.45) is 0 Å². The van der Waals surface area contributed by atoms with E-state index in [1.807, 2.05) is 66.7 Å². The smallest absolute Gasteiger partial charge is 0.203 e. The second-order valence-electron chi connectivity index (χ2n) is 7.65. The van der Waals surface area contributed by atoms with Crippen molar-refractivity contribution in [3.8, 4) is 28.7 Å². The molecule has 0 bridgehead atoms. The molecule has 0 heterocycles. The summed E-state index contributed by atoms with van der Waals surface area (Å²) in [4.78, 5) is 0. The van der Waals surface area contributed by atoms with E-state index in [1.54, 1.807) is 28.4 Å². The molecule has 3 aromatic carbocycles. The number of unbranched alkanes of at least 4 members (excludes halogenated alkanes) is 1. The maximum absolute atomic E-state index is 6.03. The zero-order valence-electron chi connectivity index (χ0n) is 20.5. The summed E-state index contributed by atoms with van der Waals surface area (Å²) in [7, 11) is 6.43. The highest BCUT2D eigenvalue weighted by Crippen LogP contribution is 2.38. The number of allylic oxidation sites excluding steroid dienone is 1. The Hall–Kier alpha value is -3.57. The Kier molecular flexibility index (Phi) is 9.93. The van der Waals surface area contributed by atoms with E-state index in [9.17, 15) is 0 Å². The van der Waals surface area contributed by atoms with Crippen LogP contribution in [0.2, 0.25) is 5.02 Å². The Balaban J connectivity index is 1.63. The molecule has 0 saturated heterocycles. The van der Waals surface area contributed by atoms with Crippen LogP contribution in [0.4, 0.5) is 0 Å². The first-order valence-corrected chi connectivity index (χ1v) is 11.7. The topological polar surface area (TPSA) is 46.2 Å². The molecular formula is C29H31ClO5. The van der Waals surface area contributed by atoms with Crippen LogP contribution in [0.1, 0.15) is 29.5 Å². The van der Waals surface area contributed by atoms with E-state index in [4.69, 9.17) is 35.3 Å². The molecule has 0 radical (unpaired) electrons. The lowest BCUT2D eigenvalue weighted by atomic mass is 10.1. The molecule has 3 rings (SSSR count). The average Bonchev–Trinajstić information content (AvgIpc) is 2.89. The minimum Gasteiger partial charge on any atom is -0.493 e. The molecule has 0 fully saturated rings. The fourth-order valence-corrected chi connectivity index (χ4v) is 3.60. The maximum Gasteiger partial charge on any atom is 0.203 e. The number of halogens is 1. The molecule has 3 aromatic rings. The van der Waals surface area contributed by atoms with E-state index in [0.717, 1.165) is 34.6 Å². The fraction of sp³-hybridized carbons (Fsp3) is 0.241. The maximum atomic E-state index is 6.03. The van der Waals surface area contributed by atoms with Gasteiger partial charge in [0, 0.05) is 5.02 Å². The second kappa shape index (κ2) is 13.4. The first kappa shape index (κ1) is 26.0. The van der Waals surface area contributed by atoms with Crippen LogP contribution >= 0.6 is 11.6 Å². The van der Waals surface area contributed by atoms with Gasteiger partial charge in [-0.3, -0.25) is 0 Å². The van der Waals surface area contributed by atoms with E-state index in [2.05, 4.69) is 12.2 Å². The third-order valence-corrected chi connectivity index (χ3v) is 5.55. The Morgan fingerprint density at radius 2 is 1.23 bits per heavy atom. The van der Waals surface area contributed by atoms with Gasteiger partial charge in [-0.2, -0.15) is 0 Å². The van der Waals surface area contributed by atoms with Crippen LogP contribution in [-0.2, 0) is 0 Å². The number of benzene rings is 3. The molecule has 0 aliphatic heterocycles. The standard InChI is InChI=1S/C29H31ClO5/c1-31-25-16-13-22(9-10-23-19-27(32-2)29(34-4)28(20-23)33-3)18-26(25)35-17-7-5-6-8-21-11-14-24(30)15-12-21/h6,8-16,18-20H,5,7,17H2,1-4H3/b8-6+,10-9-. The van der Waals surface area contributed by atoms with Crippen molar-refractivity contribution in [2.75, 3.05) is 35.0 Å². The van der Waals surface area contributed by atoms with Crippen molar-refractivity contribution >= 4 is 29.8 Å². The monoisotopic (exact) mass is 494 g/mol. The molecule has 0 aliphatic carbocycles. The molecule has 0 spiro atoms. The lowest BCUT2D eigenvalue weighted by Gasteiger charge is -2.13. The zero-order valence-corrected chi connectivity index (χ0v) is 21.3. The summed E-state index contributed by atoms with van der Waals surface area (Å²) in [6, 6.07) is 17.4. The van der Waals surface area contributed by atoms with E-state index in [-0.39, 0.29) is 0 Å². The molecule has 0 unspecified atom stereocenters. The van der Waals surface area contributed by atoms with Crippen LogP contribution in [-0.4, -0.2) is 35.0 Å². The molecule has 0 atom stereocenters. The van der Waals surface area contributed by atoms with Gasteiger partial charge in [0.1, 0.15) is 0 Å². The van der Waals surface area contributed by atoms with Gasteiger partial charge in [-0.1, -0.05) is 54.1 Å². The number of rotatable bonds is 12. The van der Waals surface area contributed by atoms with E-state index in [0.29, 0.717) is 35.4 Å². The number of hydrogen-bond donors (Lipinski definition) is 0. The lowest BCUT2D eigenvalue weighted by Crippen LogP contribution is -1.99. The predicted molar refractivity (Wildman–Crippen MR) is 143 cm³/mol. The van der Waals surface area contributed by atoms with Gasteiger partial charge < -0.3 is 23.7 Å². The predicted octanol–water partition coefficient (Wildman–Crippen LogP) is 7.42. The van der Waals surface area contributed by atoms with Crippen molar-refractivity contribution in [3.63, 3.8) is 0 Å². The molecule has 0 N–H and O–H groups in total. The molecule has 0 amide bonds. The summed E-state index contributed by atoms with van der Waals surface area (Å²) in [6.07, 6.45) is 10.0. The van der Waals surface area contributed by atoms with Gasteiger partial charge in [-0.25, -0.2) is 0 Å². The minimum atomic E-state index is 0.565. The third kappa shape index (κ3) is 7.46. The summed E-state index contributed by atoms with van der Waals surface area (Å²) >= 11 is 5.93. The first-order chi connectivity index (χ1) is 17.1. The van der Waals surface area contributed by atoms with Crippen molar-refractivity contribution < 1.29 is 23.7 Å². The summed E-state index contributed by atoms with van der Waals surface area (Å²) in [5.41, 5.74) is 3.03. The summed E-state index contributed by atoms with van der Waals surface area (Å²) in [5.74, 6) is 3.19. The van der Waals surface area contributed by atoms with Gasteiger partial charge in [0.05, 0.1) is 35.0 Å². The normalized spacial score (nSPS) is 11.1. The Bertz CT molecular complexity index is 1130. The molecule has 0 aromatic heterocycles. The van der Waals surface area contributed by atoms with Gasteiger partial charge in [-0.05, 0) is 65.9 Å². The van der Waals surface area contributed by atoms with E-state index < -0.39 is 0 Å². The van der Waals surface area contributed by atoms with E-state index >= 15 is 0 Å². The average molecular weight is 495 g/mol. The number of methoxy groups -OCH3 is 4. The summed E-state index contributed by atoms with van der Waals surface area (Å²) < 4.78 is 27.8. The second-order valence-corrected chi connectivity index (χ2v) is 8.08. The van der Waals surface area contributed by atoms with Gasteiger partial charge in [0.2, 0.25) is 5.75 Å². The SMILES string of the molecule is COc1ccc(/C=C\c2cc(OC)c(OC)c(OC)c2)cc1OCCC/C=C/c1ccc(Cl)cc1. The highest BCUT2D eigenvalue weighted by atomic mass is 35.5. The van der Waals surface area contributed by atoms with Crippen molar-refractivity contribution in [1.29, 1.82) is 0 Å². The number of hydrogen-bond acceptors (Lipinski definition) is 5. The van der Waals surface area contributed by atoms with E-state index in [1.165, 1.54) is 0 Å². The Labute approximate surface area is 212 Å². The van der Waals surface area contributed by atoms with Crippen LogP contribution in [0.3, 0.4) is 0 Å². The number of ether oxygens (including phenoxy) is 5. The van der Waals surface area contributed by atoms with Crippen LogP contribution in [0.5, 0.6) is 28.7 Å². The molecule has 6 heteroatoms. The van der Waals surface area contributed by atoms with Gasteiger partial charge >= 0.3 is 0 Å². The fourth-order valence-electron chi connectivity index (χ4n) is 3.48. The summed E-state index contributed by atoms with van der Waals surface area (Å²) in [5, 5.41) is 0.741. The minimum absolute atomic E-state index is 0.565. The van der Waals surface area contributed by atoms with Gasteiger partial charge in [-0.15, -0.1) is 0 Å². The highest BCUT2D eigenvalue weighted by molar-refractivity contribution is 6.30. The summed E-state index contributed by atoms with van der Waals surface area (Å²) in [6.45, 7) is 0.585. The molecule has 35 heavy (non-hydrogen) atoms. The van der Waals surface area contributed by atoms with Gasteiger partial charge in [0.15, 0.2) is 23.0 Å². The Morgan fingerprint density at radius 3 is 1.86 bits per heavy atom. The molecule has 5 nitrogen and oxygen atoms in total. The Morgan fingerprint density at radius 1 is 0.629 bits per heavy atom. The largest absolute Gasteiger partial charge is 0.493 e. The molecule has 0 aliphatic rings. The van der Waals surface area contributed by atoms with Crippen LogP contribution in [0, 0.1) is 0 Å². The van der Waals surface area contributed by atoms with Crippen LogP contribution in [0.25, 0.3) is 18.2 Å². The first-order valence-electron chi connectivity index (χ1n) is 11.3. The molecule has 0 saturated carbocycles. The molecular weight excluding hydrogens is 464 g/mol. The van der Waals surface area contributed by atoms with Crippen LogP contribution in [0.15, 0.2) is 60.7 Å². The third-order valence-electron chi connectivity index (χ3n) is 5.30. The van der Waals surface area contributed by atoms with Crippen molar-refractivity contribution in [2.45, 2.75) is 12.8 Å². The molecule has 184 valence electrons. The van der Waals surface area contributed by atoms with Gasteiger partial charge in [0.25, 0.3) is 0 Å².